The van der Waals surface area contributed by atoms with Crippen LogP contribution < -0.4 is 11.1 Å². The monoisotopic (exact) mass is 342 g/mol. The van der Waals surface area contributed by atoms with E-state index in [1.54, 1.807) is 6.92 Å². The highest BCUT2D eigenvalue weighted by atomic mass is 35.5. The van der Waals surface area contributed by atoms with Crippen LogP contribution in [0.3, 0.4) is 0 Å². The molecule has 0 spiro atoms. The number of fused-ring (bicyclic) bond motifs is 1. The Hall–Kier alpha value is -2.07. The zero-order chi connectivity index (χ0) is 16.0. The van der Waals surface area contributed by atoms with Gasteiger partial charge in [0.25, 0.3) is 5.91 Å². The fourth-order valence-electron chi connectivity index (χ4n) is 2.34. The van der Waals surface area contributed by atoms with Gasteiger partial charge in [0.15, 0.2) is 0 Å². The van der Waals surface area contributed by atoms with Gasteiger partial charge in [0.05, 0.1) is 0 Å². The number of carboxylic acid groups (broad SMARTS) is 1. The van der Waals surface area contributed by atoms with Gasteiger partial charge in [0.2, 0.25) is 17.2 Å². The van der Waals surface area contributed by atoms with E-state index in [9.17, 15) is 14.7 Å². The van der Waals surface area contributed by atoms with E-state index in [1.165, 1.54) is 16.7 Å². The lowest BCUT2D eigenvalue weighted by Gasteiger charge is -2.49. The third-order valence-electron chi connectivity index (χ3n) is 3.27. The van der Waals surface area contributed by atoms with Crippen molar-refractivity contribution in [1.29, 1.82) is 0 Å². The summed E-state index contributed by atoms with van der Waals surface area (Å²) in [6.45, 7) is 1.70. The highest BCUT2D eigenvalue weighted by Gasteiger charge is 2.53. The molecule has 1 aromatic heterocycles. The molecule has 9 nitrogen and oxygen atoms in total. The van der Waals surface area contributed by atoms with Gasteiger partial charge < -0.3 is 16.2 Å². The Morgan fingerprint density at radius 1 is 1.50 bits per heavy atom. The normalized spacial score (nSPS) is 23.9. The van der Waals surface area contributed by atoms with E-state index in [-0.39, 0.29) is 34.2 Å². The average molecular weight is 343 g/mol. The summed E-state index contributed by atoms with van der Waals surface area (Å²) in [5.74, 6) is -0.913. The van der Waals surface area contributed by atoms with Gasteiger partial charge in [-0.2, -0.15) is 15.0 Å². The van der Waals surface area contributed by atoms with Crippen LogP contribution in [0, 0.1) is 0 Å². The molecule has 11 heteroatoms. The molecule has 22 heavy (non-hydrogen) atoms. The summed E-state index contributed by atoms with van der Waals surface area (Å²) >= 11 is 7.15. The van der Waals surface area contributed by atoms with E-state index in [1.807, 2.05) is 0 Å². The molecule has 3 heterocycles. The maximum Gasteiger partial charge on any atom is 0.352 e. The molecule has 0 saturated carbocycles. The zero-order valence-corrected chi connectivity index (χ0v) is 12.9. The largest absolute Gasteiger partial charge is 0.477 e. The molecule has 0 aliphatic carbocycles. The Balaban J connectivity index is 1.82. The summed E-state index contributed by atoms with van der Waals surface area (Å²) < 4.78 is 0. The lowest BCUT2D eigenvalue weighted by molar-refractivity contribution is -0.147. The first-order valence-corrected chi connectivity index (χ1v) is 7.62. The molecule has 1 amide bonds. The van der Waals surface area contributed by atoms with E-state index >= 15 is 0 Å². The molecule has 3 rings (SSSR count). The van der Waals surface area contributed by atoms with E-state index in [2.05, 4.69) is 20.3 Å². The van der Waals surface area contributed by atoms with Crippen molar-refractivity contribution in [3.05, 3.63) is 16.6 Å². The van der Waals surface area contributed by atoms with Crippen molar-refractivity contribution in [1.82, 2.24) is 19.9 Å². The van der Waals surface area contributed by atoms with Gasteiger partial charge >= 0.3 is 5.97 Å². The van der Waals surface area contributed by atoms with Crippen LogP contribution in [0.2, 0.25) is 5.28 Å². The van der Waals surface area contributed by atoms with Gasteiger partial charge in [-0.25, -0.2) is 4.79 Å². The molecule has 2 aliphatic rings. The number of hydrogen-bond donors (Lipinski definition) is 3. The predicted octanol–water partition coefficient (Wildman–Crippen LogP) is 0.161. The van der Waals surface area contributed by atoms with Crippen LogP contribution in [0.5, 0.6) is 0 Å². The topological polar surface area (TPSA) is 134 Å². The Labute approximate surface area is 134 Å². The third kappa shape index (κ3) is 2.33. The third-order valence-corrected chi connectivity index (χ3v) is 4.86. The van der Waals surface area contributed by atoms with Gasteiger partial charge in [0.1, 0.15) is 17.1 Å². The lowest BCUT2D eigenvalue weighted by Crippen LogP contribution is -2.67. The van der Waals surface area contributed by atoms with Crippen LogP contribution >= 0.6 is 23.4 Å². The number of nitrogen functional groups attached to an aromatic ring is 1. The number of carboxylic acids is 1. The fourth-order valence-corrected chi connectivity index (χ4v) is 3.80. The second-order valence-electron chi connectivity index (χ2n) is 4.75. The summed E-state index contributed by atoms with van der Waals surface area (Å²) in [5.41, 5.74) is 6.17. The molecule has 0 aromatic carbocycles. The fraction of sp³-hybridized carbons (Fsp3) is 0.364. The molecular weight excluding hydrogens is 332 g/mol. The Morgan fingerprint density at radius 2 is 2.23 bits per heavy atom. The highest BCUT2D eigenvalue weighted by Crippen LogP contribution is 2.40. The van der Waals surface area contributed by atoms with Gasteiger partial charge in [0, 0.05) is 5.75 Å². The SMILES string of the molecule is CC1=C(C(=O)O)N2C(=O)C(Nc3nc(N)nc(Cl)n3)C2SC1. The first kappa shape index (κ1) is 14.9. The molecule has 1 saturated heterocycles. The Bertz CT molecular complexity index is 691. The molecule has 1 fully saturated rings. The highest BCUT2D eigenvalue weighted by molar-refractivity contribution is 8.00. The van der Waals surface area contributed by atoms with Crippen LogP contribution in [0.1, 0.15) is 6.92 Å². The number of anilines is 2. The summed E-state index contributed by atoms with van der Waals surface area (Å²) in [6.07, 6.45) is 0. The number of hydrogen-bond acceptors (Lipinski definition) is 8. The summed E-state index contributed by atoms with van der Waals surface area (Å²) in [7, 11) is 0. The number of thioether (sulfide) groups is 1. The second kappa shape index (κ2) is 5.29. The van der Waals surface area contributed by atoms with E-state index in [0.29, 0.717) is 11.3 Å². The van der Waals surface area contributed by atoms with Crippen molar-refractivity contribution in [3.63, 3.8) is 0 Å². The molecule has 0 radical (unpaired) electrons. The molecule has 2 atom stereocenters. The number of amides is 1. The minimum atomic E-state index is -1.11. The predicted molar refractivity (Wildman–Crippen MR) is 80.1 cm³/mol. The van der Waals surface area contributed by atoms with Crippen molar-refractivity contribution in [2.45, 2.75) is 18.3 Å². The first-order chi connectivity index (χ1) is 10.4. The lowest BCUT2D eigenvalue weighted by atomic mass is 10.0. The first-order valence-electron chi connectivity index (χ1n) is 6.20. The molecular formula is C11H11ClN6O3S. The zero-order valence-electron chi connectivity index (χ0n) is 11.3. The van der Waals surface area contributed by atoms with Crippen molar-refractivity contribution >= 4 is 47.1 Å². The van der Waals surface area contributed by atoms with E-state index < -0.39 is 12.0 Å². The minimum absolute atomic E-state index is 0.0417. The number of carbonyl (C=O) groups excluding carboxylic acids is 1. The second-order valence-corrected chi connectivity index (χ2v) is 6.20. The van der Waals surface area contributed by atoms with Crippen LogP contribution in [0.25, 0.3) is 0 Å². The van der Waals surface area contributed by atoms with Gasteiger partial charge in [-0.05, 0) is 24.1 Å². The number of carbonyl (C=O) groups is 2. The van der Waals surface area contributed by atoms with Crippen LogP contribution in [0.15, 0.2) is 11.3 Å². The van der Waals surface area contributed by atoms with E-state index in [4.69, 9.17) is 17.3 Å². The average Bonchev–Trinajstić information content (AvgIpc) is 2.43. The maximum absolute atomic E-state index is 12.2. The number of halogens is 1. The number of aromatic nitrogens is 3. The smallest absolute Gasteiger partial charge is 0.352 e. The molecule has 4 N–H and O–H groups in total. The molecule has 2 aliphatic heterocycles. The van der Waals surface area contributed by atoms with Crippen molar-refractivity contribution in [2.24, 2.45) is 0 Å². The van der Waals surface area contributed by atoms with Crippen LogP contribution in [0.4, 0.5) is 11.9 Å². The van der Waals surface area contributed by atoms with Crippen molar-refractivity contribution in [3.8, 4) is 0 Å². The Morgan fingerprint density at radius 3 is 2.86 bits per heavy atom. The van der Waals surface area contributed by atoms with Crippen molar-refractivity contribution < 1.29 is 14.7 Å². The van der Waals surface area contributed by atoms with E-state index in [0.717, 1.165) is 0 Å². The number of nitrogens with two attached hydrogens (primary N) is 1. The standard InChI is InChI=1S/C11H11ClN6O3S/c1-3-2-22-7-4(6(19)18(7)5(3)8(20)21)14-11-16-9(12)15-10(13)17-11/h4,7H,2H2,1H3,(H,20,21)(H3,13,14,15,16,17). The van der Waals surface area contributed by atoms with Crippen LogP contribution in [-0.2, 0) is 9.59 Å². The molecule has 1 aromatic rings. The minimum Gasteiger partial charge on any atom is -0.477 e. The maximum atomic E-state index is 12.2. The van der Waals surface area contributed by atoms with Crippen LogP contribution in [-0.4, -0.2) is 54.0 Å². The number of nitrogens with zero attached hydrogens (tertiary/aromatic N) is 4. The number of nitrogens with one attached hydrogen (secondary N) is 1. The van der Waals surface area contributed by atoms with Gasteiger partial charge in [-0.15, -0.1) is 11.8 Å². The van der Waals surface area contributed by atoms with Gasteiger partial charge in [-0.1, -0.05) is 0 Å². The number of aliphatic carboxylic acids is 1. The molecule has 116 valence electrons. The summed E-state index contributed by atoms with van der Waals surface area (Å²) in [6, 6.07) is -0.634. The Kier molecular flexibility index (Phi) is 3.57. The molecule has 0 bridgehead atoms. The van der Waals surface area contributed by atoms with Gasteiger partial charge in [-0.3, -0.25) is 9.69 Å². The van der Waals surface area contributed by atoms with Crippen molar-refractivity contribution in [2.75, 3.05) is 16.8 Å². The molecule has 2 unspecified atom stereocenters. The number of β-lactam (4-membered cyclic amide) rings is 1. The summed E-state index contributed by atoms with van der Waals surface area (Å²) in [5, 5.41) is 11.7. The summed E-state index contributed by atoms with van der Waals surface area (Å²) in [4.78, 5) is 36.1. The quantitative estimate of drug-likeness (QED) is 0.656. The number of rotatable bonds is 3.